The third-order valence-corrected chi connectivity index (χ3v) is 4.90. The Morgan fingerprint density at radius 2 is 1.54 bits per heavy atom. The molecule has 2 nitrogen and oxygen atoms in total. The topological polar surface area (TPSA) is 17.8 Å². The van der Waals surface area contributed by atoms with Crippen molar-refractivity contribution in [2.75, 3.05) is 0 Å². The van der Waals surface area contributed by atoms with E-state index in [-0.39, 0.29) is 0 Å². The number of nitrogens with zero attached hydrogens (tertiary/aromatic N) is 2. The summed E-state index contributed by atoms with van der Waals surface area (Å²) in [5.74, 6) is 0. The molecule has 0 radical (unpaired) electrons. The molecular formula is C24H22N2. The van der Waals surface area contributed by atoms with E-state index in [1.54, 1.807) is 0 Å². The van der Waals surface area contributed by atoms with Crippen molar-refractivity contribution in [3.63, 3.8) is 0 Å². The predicted molar refractivity (Wildman–Crippen MR) is 107 cm³/mol. The molecule has 0 unspecified atom stereocenters. The van der Waals surface area contributed by atoms with Crippen LogP contribution in [0.1, 0.15) is 23.2 Å². The van der Waals surface area contributed by atoms with E-state index in [0.29, 0.717) is 0 Å². The van der Waals surface area contributed by atoms with Crippen LogP contribution in [0.25, 0.3) is 0 Å². The number of hydrogen-bond acceptors (Lipinski definition) is 1. The minimum atomic E-state index is -0.452. The number of aryl methyl sites for hydroxylation is 1. The Bertz CT molecular complexity index is 920. The van der Waals surface area contributed by atoms with E-state index in [1.165, 1.54) is 16.7 Å². The molecule has 1 aliphatic rings. The van der Waals surface area contributed by atoms with E-state index in [4.69, 9.17) is 0 Å². The first-order valence-corrected chi connectivity index (χ1v) is 8.98. The molecule has 2 heteroatoms. The van der Waals surface area contributed by atoms with Crippen molar-refractivity contribution in [2.24, 2.45) is 0 Å². The van der Waals surface area contributed by atoms with Crippen molar-refractivity contribution < 1.29 is 0 Å². The smallest absolute Gasteiger partial charge is 0.121 e. The van der Waals surface area contributed by atoms with Gasteiger partial charge in [0.15, 0.2) is 0 Å². The maximum Gasteiger partial charge on any atom is 0.121 e. The highest BCUT2D eigenvalue weighted by atomic mass is 15.1. The van der Waals surface area contributed by atoms with Crippen LogP contribution in [0.2, 0.25) is 0 Å². The lowest BCUT2D eigenvalue weighted by atomic mass is 9.75. The monoisotopic (exact) mass is 338 g/mol. The standard InChI is InChI=1S/C24H22N2/c1-20-18-26(19-25-20)24(22-14-8-4-9-15-22,23-16-10-5-11-17-23)21-12-6-2-3-7-13-21/h2-6,8-19H,7H2,1H3. The molecule has 4 rings (SSSR count). The van der Waals surface area contributed by atoms with Gasteiger partial charge in [0.05, 0.1) is 12.0 Å². The molecule has 1 heterocycles. The van der Waals surface area contributed by atoms with Gasteiger partial charge in [-0.3, -0.25) is 0 Å². The van der Waals surface area contributed by atoms with Gasteiger partial charge in [0.2, 0.25) is 0 Å². The zero-order valence-electron chi connectivity index (χ0n) is 14.9. The van der Waals surface area contributed by atoms with Crippen LogP contribution in [0, 0.1) is 6.92 Å². The quantitative estimate of drug-likeness (QED) is 0.620. The highest BCUT2D eigenvalue weighted by Gasteiger charge is 2.39. The van der Waals surface area contributed by atoms with Crippen LogP contribution in [0.4, 0.5) is 0 Å². The third-order valence-electron chi connectivity index (χ3n) is 4.90. The lowest BCUT2D eigenvalue weighted by molar-refractivity contribution is 0.512. The minimum absolute atomic E-state index is 0.452. The fraction of sp³-hybridized carbons (Fsp3) is 0.125. The summed E-state index contributed by atoms with van der Waals surface area (Å²) in [4.78, 5) is 4.55. The van der Waals surface area contributed by atoms with Crippen LogP contribution >= 0.6 is 0 Å². The lowest BCUT2D eigenvalue weighted by Gasteiger charge is -2.38. The molecule has 0 fully saturated rings. The highest BCUT2D eigenvalue weighted by molar-refractivity contribution is 5.53. The fourth-order valence-electron chi connectivity index (χ4n) is 3.76. The van der Waals surface area contributed by atoms with Gasteiger partial charge in [0.1, 0.15) is 5.54 Å². The number of allylic oxidation sites excluding steroid dienone is 6. The first-order valence-electron chi connectivity index (χ1n) is 8.98. The number of hydrogen-bond donors (Lipinski definition) is 0. The van der Waals surface area contributed by atoms with Crippen LogP contribution in [-0.4, -0.2) is 9.55 Å². The maximum atomic E-state index is 4.55. The van der Waals surface area contributed by atoms with Crippen LogP contribution in [0.5, 0.6) is 0 Å². The summed E-state index contributed by atoms with van der Waals surface area (Å²) in [7, 11) is 0. The highest BCUT2D eigenvalue weighted by Crippen LogP contribution is 2.42. The molecule has 128 valence electrons. The summed E-state index contributed by atoms with van der Waals surface area (Å²) in [6.07, 6.45) is 16.0. The fourth-order valence-corrected chi connectivity index (χ4v) is 3.76. The number of imidazole rings is 1. The summed E-state index contributed by atoms with van der Waals surface area (Å²) >= 11 is 0. The van der Waals surface area contributed by atoms with Crippen molar-refractivity contribution in [3.05, 3.63) is 126 Å². The Morgan fingerprint density at radius 3 is 2.12 bits per heavy atom. The molecule has 0 bridgehead atoms. The van der Waals surface area contributed by atoms with Gasteiger partial charge in [-0.05, 0) is 30.0 Å². The van der Waals surface area contributed by atoms with Gasteiger partial charge >= 0.3 is 0 Å². The second-order valence-electron chi connectivity index (χ2n) is 6.55. The van der Waals surface area contributed by atoms with E-state index in [1.807, 2.05) is 13.3 Å². The molecule has 26 heavy (non-hydrogen) atoms. The average molecular weight is 338 g/mol. The molecule has 3 aromatic rings. The lowest BCUT2D eigenvalue weighted by Crippen LogP contribution is -2.37. The molecule has 0 saturated carbocycles. The Labute approximate surface area is 154 Å². The van der Waals surface area contributed by atoms with E-state index in [2.05, 4.69) is 107 Å². The molecule has 0 amide bonds. The molecular weight excluding hydrogens is 316 g/mol. The van der Waals surface area contributed by atoms with E-state index < -0.39 is 5.54 Å². The predicted octanol–water partition coefficient (Wildman–Crippen LogP) is 5.43. The second-order valence-corrected chi connectivity index (χ2v) is 6.55. The molecule has 0 N–H and O–H groups in total. The van der Waals surface area contributed by atoms with Crippen molar-refractivity contribution in [1.29, 1.82) is 0 Å². The molecule has 1 aromatic heterocycles. The third kappa shape index (κ3) is 2.74. The van der Waals surface area contributed by atoms with Crippen LogP contribution in [-0.2, 0) is 5.54 Å². The van der Waals surface area contributed by atoms with Gasteiger partial charge in [-0.25, -0.2) is 4.98 Å². The summed E-state index contributed by atoms with van der Waals surface area (Å²) in [6.45, 7) is 2.04. The van der Waals surface area contributed by atoms with Crippen LogP contribution in [0.3, 0.4) is 0 Å². The molecule has 2 aromatic carbocycles. The van der Waals surface area contributed by atoms with Gasteiger partial charge in [-0.2, -0.15) is 0 Å². The van der Waals surface area contributed by atoms with Gasteiger partial charge in [0, 0.05) is 6.20 Å². The van der Waals surface area contributed by atoms with Gasteiger partial charge in [0.25, 0.3) is 0 Å². The molecule has 0 atom stereocenters. The van der Waals surface area contributed by atoms with Gasteiger partial charge in [-0.15, -0.1) is 0 Å². The van der Waals surface area contributed by atoms with Gasteiger partial charge in [-0.1, -0.05) is 91.0 Å². The normalized spacial score (nSPS) is 14.1. The summed E-state index contributed by atoms with van der Waals surface area (Å²) in [5, 5.41) is 0. The number of aromatic nitrogens is 2. The Hall–Kier alpha value is -3.13. The van der Waals surface area contributed by atoms with E-state index in [0.717, 1.165) is 12.1 Å². The average Bonchev–Trinajstić information content (AvgIpc) is 2.95. The van der Waals surface area contributed by atoms with Crippen molar-refractivity contribution >= 4 is 0 Å². The molecule has 0 aliphatic heterocycles. The van der Waals surface area contributed by atoms with Crippen molar-refractivity contribution in [2.45, 2.75) is 18.9 Å². The van der Waals surface area contributed by atoms with E-state index in [9.17, 15) is 0 Å². The maximum absolute atomic E-state index is 4.55. The van der Waals surface area contributed by atoms with E-state index >= 15 is 0 Å². The molecule has 0 saturated heterocycles. The Morgan fingerprint density at radius 1 is 0.885 bits per heavy atom. The minimum Gasteiger partial charge on any atom is -0.319 e. The summed E-state index contributed by atoms with van der Waals surface area (Å²) in [5.41, 5.74) is 4.25. The molecule has 1 aliphatic carbocycles. The zero-order valence-corrected chi connectivity index (χ0v) is 14.9. The van der Waals surface area contributed by atoms with Crippen LogP contribution in [0.15, 0.2) is 109 Å². The van der Waals surface area contributed by atoms with Crippen molar-refractivity contribution in [1.82, 2.24) is 9.55 Å². The molecule has 0 spiro atoms. The van der Waals surface area contributed by atoms with Gasteiger partial charge < -0.3 is 4.57 Å². The summed E-state index contributed by atoms with van der Waals surface area (Å²) < 4.78 is 2.24. The summed E-state index contributed by atoms with van der Waals surface area (Å²) in [6, 6.07) is 21.4. The first kappa shape index (κ1) is 16.3. The largest absolute Gasteiger partial charge is 0.319 e. The zero-order chi connectivity index (χ0) is 17.8. The number of rotatable bonds is 4. The second kappa shape index (κ2) is 7.01. The number of benzene rings is 2. The SMILES string of the molecule is Cc1cn(C(C2=CCC=CC=C2)(c2ccccc2)c2ccccc2)cn1. The first-order chi connectivity index (χ1) is 12.8. The Kier molecular flexibility index (Phi) is 4.40. The Balaban J connectivity index is 2.08. The van der Waals surface area contributed by atoms with Crippen molar-refractivity contribution in [3.8, 4) is 0 Å². The van der Waals surface area contributed by atoms with Crippen LogP contribution < -0.4 is 0 Å².